The summed E-state index contributed by atoms with van der Waals surface area (Å²) < 4.78 is 5.88. The summed E-state index contributed by atoms with van der Waals surface area (Å²) in [7, 11) is 2.08. The normalized spacial score (nSPS) is 27.1. The van der Waals surface area contributed by atoms with E-state index in [1.807, 2.05) is 30.0 Å². The highest BCUT2D eigenvalue weighted by Gasteiger charge is 2.52. The first-order valence-corrected chi connectivity index (χ1v) is 14.1. The predicted molar refractivity (Wildman–Crippen MR) is 147 cm³/mol. The molecule has 3 saturated heterocycles. The Kier molecular flexibility index (Phi) is 6.71. The number of anilines is 1. The number of ether oxygens (including phenoxy) is 1. The third-order valence-corrected chi connectivity index (χ3v) is 9.18. The quantitative estimate of drug-likeness (QED) is 0.464. The molecule has 4 N–H and O–H groups in total. The number of aryl methyl sites for hydroxylation is 1. The van der Waals surface area contributed by atoms with Gasteiger partial charge in [0, 0.05) is 29.9 Å². The summed E-state index contributed by atoms with van der Waals surface area (Å²) in [4.78, 5) is 31.6. The fourth-order valence-electron chi connectivity index (χ4n) is 6.07. The predicted octanol–water partition coefficient (Wildman–Crippen LogP) is 3.50. The molecule has 9 nitrogen and oxygen atoms in total. The van der Waals surface area contributed by atoms with E-state index in [0.29, 0.717) is 16.4 Å². The van der Waals surface area contributed by atoms with Crippen molar-refractivity contribution in [3.05, 3.63) is 58.6 Å². The van der Waals surface area contributed by atoms with Crippen LogP contribution < -0.4 is 25.6 Å². The molecule has 200 valence electrons. The Hall–Kier alpha value is -3.21. The highest BCUT2D eigenvalue weighted by molar-refractivity contribution is 8.04. The van der Waals surface area contributed by atoms with Gasteiger partial charge in [-0.25, -0.2) is 4.79 Å². The maximum Gasteiger partial charge on any atom is 0.326 e. The number of phenols is 1. The van der Waals surface area contributed by atoms with Gasteiger partial charge in [-0.05, 0) is 82.2 Å². The summed E-state index contributed by atoms with van der Waals surface area (Å²) in [6, 6.07) is 12.3. The molecule has 0 spiro atoms. The molecule has 0 saturated carbocycles. The minimum absolute atomic E-state index is 0.00202. The van der Waals surface area contributed by atoms with E-state index < -0.39 is 0 Å². The Morgan fingerprint density at radius 3 is 2.84 bits per heavy atom. The fourth-order valence-corrected chi connectivity index (χ4v) is 7.47. The molecular formula is C28H33N5O4S. The van der Waals surface area contributed by atoms with Crippen LogP contribution >= 0.6 is 11.8 Å². The van der Waals surface area contributed by atoms with Crippen LogP contribution in [0.1, 0.15) is 24.8 Å². The number of piperidine rings is 2. The lowest BCUT2D eigenvalue weighted by Gasteiger charge is -2.46. The van der Waals surface area contributed by atoms with Crippen LogP contribution in [0.2, 0.25) is 0 Å². The summed E-state index contributed by atoms with van der Waals surface area (Å²) >= 11 is 1.53. The third-order valence-electron chi connectivity index (χ3n) is 7.83. The van der Waals surface area contributed by atoms with Crippen molar-refractivity contribution in [3.63, 3.8) is 0 Å². The van der Waals surface area contributed by atoms with Crippen LogP contribution in [-0.4, -0.2) is 66.1 Å². The number of hydrogen-bond acceptors (Lipinski definition) is 7. The van der Waals surface area contributed by atoms with Crippen LogP contribution in [0.25, 0.3) is 0 Å². The number of rotatable bonds is 5. The number of aromatic hydroxyl groups is 1. The van der Waals surface area contributed by atoms with Gasteiger partial charge in [0.1, 0.15) is 5.75 Å². The number of nitrogens with zero attached hydrogens (tertiary/aromatic N) is 2. The second-order valence-corrected chi connectivity index (χ2v) is 11.7. The van der Waals surface area contributed by atoms with E-state index in [1.54, 1.807) is 24.3 Å². The number of likely N-dealkylation sites (tertiary alicyclic amines) is 1. The summed E-state index contributed by atoms with van der Waals surface area (Å²) in [6.45, 7) is 4.62. The lowest BCUT2D eigenvalue weighted by Crippen LogP contribution is -2.62. The van der Waals surface area contributed by atoms with E-state index in [1.165, 1.54) is 11.8 Å². The van der Waals surface area contributed by atoms with Crippen molar-refractivity contribution in [2.45, 2.75) is 43.6 Å². The van der Waals surface area contributed by atoms with E-state index in [2.05, 4.69) is 27.9 Å². The lowest BCUT2D eigenvalue weighted by atomic mass is 9.86. The fraction of sp³-hybridized carbons (Fsp3) is 0.429. The standard InChI is InChI=1S/C28H33N5O4S/c1-16-14-18(37-22-8-4-3-7-21(22)34)9-10-19(16)33-20-11-12-29-27-23(20)24(31-28(33)36)25(38-27)26(35)30-17-6-5-13-32(2)15-17/h3-4,7-10,14,17,20,23,27,29,34H,5-6,11-13,15H2,1-2H3,(H,30,35)(H,31,36)/t17-,20?,23?,27?/m1/s1. The molecule has 2 aromatic carbocycles. The van der Waals surface area contributed by atoms with Crippen molar-refractivity contribution in [2.24, 2.45) is 5.92 Å². The van der Waals surface area contributed by atoms with E-state index in [0.717, 1.165) is 55.8 Å². The first kappa shape index (κ1) is 25.1. The number of likely N-dealkylation sites (N-methyl/N-ethyl adjacent to an activating group) is 1. The Bertz CT molecular complexity index is 1300. The number of amides is 3. The zero-order valence-electron chi connectivity index (χ0n) is 21.6. The van der Waals surface area contributed by atoms with E-state index in [-0.39, 0.29) is 41.1 Å². The molecule has 4 heterocycles. The Balaban J connectivity index is 1.25. The smallest absolute Gasteiger partial charge is 0.326 e. The van der Waals surface area contributed by atoms with Crippen LogP contribution in [0.5, 0.6) is 17.2 Å². The molecule has 4 aliphatic rings. The number of carbonyl (C=O) groups excluding carboxylic acids is 2. The van der Waals surface area contributed by atoms with Crippen LogP contribution in [0, 0.1) is 12.8 Å². The van der Waals surface area contributed by atoms with Crippen LogP contribution in [0.4, 0.5) is 10.5 Å². The number of phenolic OH excluding ortho intramolecular Hbond substituents is 1. The van der Waals surface area contributed by atoms with Gasteiger partial charge in [-0.15, -0.1) is 0 Å². The van der Waals surface area contributed by atoms with Gasteiger partial charge in [-0.1, -0.05) is 23.9 Å². The third kappa shape index (κ3) is 4.61. The van der Waals surface area contributed by atoms with Gasteiger partial charge in [0.05, 0.1) is 16.3 Å². The van der Waals surface area contributed by atoms with Gasteiger partial charge in [0.2, 0.25) is 0 Å². The zero-order valence-corrected chi connectivity index (χ0v) is 22.4. The second kappa shape index (κ2) is 10.2. The summed E-state index contributed by atoms with van der Waals surface area (Å²) in [5.41, 5.74) is 2.45. The average molecular weight is 536 g/mol. The molecule has 0 radical (unpaired) electrons. The molecule has 10 heteroatoms. The first-order valence-electron chi connectivity index (χ1n) is 13.2. The summed E-state index contributed by atoms with van der Waals surface area (Å²) in [5, 5.41) is 20.0. The summed E-state index contributed by atoms with van der Waals surface area (Å²) in [5.74, 6) is 0.935. The number of para-hydroxylation sites is 2. The highest BCUT2D eigenvalue weighted by Crippen LogP contribution is 2.48. The van der Waals surface area contributed by atoms with Crippen molar-refractivity contribution in [1.82, 2.24) is 20.9 Å². The topological polar surface area (TPSA) is 106 Å². The maximum atomic E-state index is 13.6. The largest absolute Gasteiger partial charge is 0.504 e. The first-order chi connectivity index (χ1) is 18.4. The number of urea groups is 1. The van der Waals surface area contributed by atoms with Crippen molar-refractivity contribution in [1.29, 1.82) is 0 Å². The minimum Gasteiger partial charge on any atom is -0.504 e. The Morgan fingerprint density at radius 1 is 1.21 bits per heavy atom. The maximum absolute atomic E-state index is 13.6. The van der Waals surface area contributed by atoms with Crippen LogP contribution in [0.3, 0.4) is 0 Å². The van der Waals surface area contributed by atoms with Gasteiger partial charge >= 0.3 is 6.03 Å². The molecule has 4 aliphatic heterocycles. The van der Waals surface area contributed by atoms with Crippen molar-refractivity contribution in [2.75, 3.05) is 31.6 Å². The van der Waals surface area contributed by atoms with Gasteiger partial charge in [-0.2, -0.15) is 0 Å². The molecule has 3 fully saturated rings. The van der Waals surface area contributed by atoms with Gasteiger partial charge in [-0.3, -0.25) is 9.69 Å². The number of benzene rings is 2. The van der Waals surface area contributed by atoms with E-state index in [4.69, 9.17) is 4.74 Å². The van der Waals surface area contributed by atoms with Gasteiger partial charge in [0.25, 0.3) is 5.91 Å². The molecule has 6 rings (SSSR count). The number of nitrogens with one attached hydrogen (secondary N) is 3. The minimum atomic E-state index is -0.218. The average Bonchev–Trinajstić information content (AvgIpc) is 3.26. The molecule has 3 amide bonds. The molecule has 38 heavy (non-hydrogen) atoms. The number of carbonyl (C=O) groups is 2. The monoisotopic (exact) mass is 535 g/mol. The van der Waals surface area contributed by atoms with E-state index in [9.17, 15) is 14.7 Å². The Morgan fingerprint density at radius 2 is 2.05 bits per heavy atom. The van der Waals surface area contributed by atoms with Crippen molar-refractivity contribution < 1.29 is 19.4 Å². The molecule has 0 bridgehead atoms. The van der Waals surface area contributed by atoms with Gasteiger partial charge < -0.3 is 30.7 Å². The number of thioether (sulfide) groups is 1. The van der Waals surface area contributed by atoms with Crippen molar-refractivity contribution in [3.8, 4) is 17.2 Å². The number of hydrogen-bond donors (Lipinski definition) is 4. The molecule has 2 aromatic rings. The lowest BCUT2D eigenvalue weighted by molar-refractivity contribution is -0.117. The summed E-state index contributed by atoms with van der Waals surface area (Å²) in [6.07, 6.45) is 2.83. The Labute approximate surface area is 226 Å². The van der Waals surface area contributed by atoms with E-state index >= 15 is 0 Å². The van der Waals surface area contributed by atoms with Crippen molar-refractivity contribution >= 4 is 29.4 Å². The molecule has 3 unspecified atom stereocenters. The molecular weight excluding hydrogens is 502 g/mol. The molecule has 4 atom stereocenters. The van der Waals surface area contributed by atoms with Crippen LogP contribution in [-0.2, 0) is 4.79 Å². The molecule has 0 aromatic heterocycles. The SMILES string of the molecule is Cc1cc(Oc2ccccc2O)ccc1N1C(=O)NC2=C(C(=O)N[C@@H]3CCCN(C)C3)SC3NCCC1C23. The zero-order chi connectivity index (χ0) is 26.4. The molecule has 0 aliphatic carbocycles. The van der Waals surface area contributed by atoms with Crippen LogP contribution in [0.15, 0.2) is 53.1 Å². The van der Waals surface area contributed by atoms with Gasteiger partial charge in [0.15, 0.2) is 11.5 Å². The highest BCUT2D eigenvalue weighted by atomic mass is 32.2. The second-order valence-electron chi connectivity index (χ2n) is 10.5.